The number of hydrogen-bond donors (Lipinski definition) is 1. The van der Waals surface area contributed by atoms with Crippen LogP contribution in [0.1, 0.15) is 48.9 Å². The molecule has 0 aliphatic heterocycles. The smallest absolute Gasteiger partial charge is 0.0612 e. The van der Waals surface area contributed by atoms with Crippen molar-refractivity contribution in [1.82, 2.24) is 5.32 Å². The van der Waals surface area contributed by atoms with Crippen LogP contribution in [0.2, 0.25) is 0 Å². The van der Waals surface area contributed by atoms with Crippen molar-refractivity contribution < 1.29 is 4.74 Å². The molecule has 0 saturated carbocycles. The molecule has 0 radical (unpaired) electrons. The van der Waals surface area contributed by atoms with Crippen LogP contribution in [0.5, 0.6) is 0 Å². The molecule has 0 amide bonds. The van der Waals surface area contributed by atoms with E-state index in [-0.39, 0.29) is 5.41 Å². The quantitative estimate of drug-likeness (QED) is 0.836. The van der Waals surface area contributed by atoms with E-state index in [2.05, 4.69) is 69.4 Å². The van der Waals surface area contributed by atoms with Gasteiger partial charge in [0.15, 0.2) is 0 Å². The summed E-state index contributed by atoms with van der Waals surface area (Å²) in [6, 6.07) is 13.5. The largest absolute Gasteiger partial charge is 0.383 e. The van der Waals surface area contributed by atoms with Gasteiger partial charge in [0.2, 0.25) is 0 Å². The van der Waals surface area contributed by atoms with Gasteiger partial charge in [-0.25, -0.2) is 0 Å². The molecular formula is C22H29NO. The monoisotopic (exact) mass is 323 g/mol. The number of aryl methyl sites for hydroxylation is 1. The highest BCUT2D eigenvalue weighted by Gasteiger charge is 2.45. The third-order valence-corrected chi connectivity index (χ3v) is 5.31. The summed E-state index contributed by atoms with van der Waals surface area (Å²) in [7, 11) is 1.82. The number of nitrogens with one attached hydrogen (secondary N) is 1. The Morgan fingerprint density at radius 1 is 1.04 bits per heavy atom. The van der Waals surface area contributed by atoms with Crippen LogP contribution in [0, 0.1) is 6.92 Å². The fourth-order valence-electron chi connectivity index (χ4n) is 4.42. The van der Waals surface area contributed by atoms with E-state index in [1.807, 2.05) is 7.11 Å². The minimum atomic E-state index is -0.109. The molecular weight excluding hydrogens is 294 g/mol. The standard InChI is InChI=1S/C22H29NO/c1-6-23-13-22(14-24-5)20-16(4)9-7-11-18(20)19-12-8-10-17(15(2)3)21(19)22/h7-12,15,23H,6,13-14H2,1-5H3. The van der Waals surface area contributed by atoms with Crippen LogP contribution in [0.4, 0.5) is 0 Å². The Kier molecular flexibility index (Phi) is 4.80. The highest BCUT2D eigenvalue weighted by atomic mass is 16.5. The summed E-state index contributed by atoms with van der Waals surface area (Å²) in [4.78, 5) is 0. The van der Waals surface area contributed by atoms with Crippen LogP contribution >= 0.6 is 0 Å². The Morgan fingerprint density at radius 2 is 1.71 bits per heavy atom. The number of fused-ring (bicyclic) bond motifs is 3. The molecule has 1 aliphatic carbocycles. The van der Waals surface area contributed by atoms with E-state index < -0.39 is 0 Å². The zero-order valence-electron chi connectivity index (χ0n) is 15.6. The predicted octanol–water partition coefficient (Wildman–Crippen LogP) is 4.64. The molecule has 3 rings (SSSR count). The van der Waals surface area contributed by atoms with Crippen LogP contribution in [0.3, 0.4) is 0 Å². The molecule has 0 spiro atoms. The normalized spacial score (nSPS) is 18.8. The van der Waals surface area contributed by atoms with E-state index in [4.69, 9.17) is 4.74 Å². The van der Waals surface area contributed by atoms with Gasteiger partial charge in [-0.05, 0) is 52.8 Å². The Balaban J connectivity index is 2.36. The van der Waals surface area contributed by atoms with E-state index in [1.54, 1.807) is 0 Å². The number of likely N-dealkylation sites (N-methyl/N-ethyl adjacent to an activating group) is 1. The molecule has 1 aliphatic rings. The van der Waals surface area contributed by atoms with Gasteiger partial charge in [0, 0.05) is 13.7 Å². The van der Waals surface area contributed by atoms with Gasteiger partial charge in [0.05, 0.1) is 12.0 Å². The van der Waals surface area contributed by atoms with Crippen molar-refractivity contribution in [3.8, 4) is 11.1 Å². The van der Waals surface area contributed by atoms with Gasteiger partial charge in [0.1, 0.15) is 0 Å². The average molecular weight is 323 g/mol. The zero-order valence-corrected chi connectivity index (χ0v) is 15.6. The molecule has 1 N–H and O–H groups in total. The molecule has 2 heteroatoms. The Morgan fingerprint density at radius 3 is 2.33 bits per heavy atom. The second-order valence-electron chi connectivity index (χ2n) is 7.22. The number of hydrogen-bond acceptors (Lipinski definition) is 2. The molecule has 0 heterocycles. The van der Waals surface area contributed by atoms with Crippen LogP contribution < -0.4 is 5.32 Å². The van der Waals surface area contributed by atoms with Crippen molar-refractivity contribution in [2.45, 2.75) is 39.0 Å². The molecule has 0 bridgehead atoms. The van der Waals surface area contributed by atoms with Crippen molar-refractivity contribution in [2.75, 3.05) is 26.8 Å². The van der Waals surface area contributed by atoms with Gasteiger partial charge < -0.3 is 10.1 Å². The first-order chi connectivity index (χ1) is 11.6. The molecule has 0 aromatic heterocycles. The number of methoxy groups -OCH3 is 1. The zero-order chi connectivity index (χ0) is 17.3. The maximum atomic E-state index is 5.79. The minimum Gasteiger partial charge on any atom is -0.383 e. The van der Waals surface area contributed by atoms with E-state index >= 15 is 0 Å². The predicted molar refractivity (Wildman–Crippen MR) is 102 cm³/mol. The lowest BCUT2D eigenvalue weighted by Crippen LogP contribution is -2.42. The fourth-order valence-corrected chi connectivity index (χ4v) is 4.42. The Labute approximate surface area is 146 Å². The molecule has 2 nitrogen and oxygen atoms in total. The molecule has 24 heavy (non-hydrogen) atoms. The van der Waals surface area contributed by atoms with E-state index in [1.165, 1.54) is 33.4 Å². The highest BCUT2D eigenvalue weighted by Crippen LogP contribution is 2.52. The van der Waals surface area contributed by atoms with Crippen LogP contribution in [-0.2, 0) is 10.2 Å². The lowest BCUT2D eigenvalue weighted by Gasteiger charge is -2.35. The summed E-state index contributed by atoms with van der Waals surface area (Å²) < 4.78 is 5.79. The topological polar surface area (TPSA) is 21.3 Å². The second kappa shape index (κ2) is 6.70. The molecule has 2 aromatic rings. The first-order valence-electron chi connectivity index (χ1n) is 9.00. The van der Waals surface area contributed by atoms with Crippen LogP contribution in [-0.4, -0.2) is 26.8 Å². The average Bonchev–Trinajstić information content (AvgIpc) is 2.85. The molecule has 1 unspecified atom stereocenters. The number of benzene rings is 2. The summed E-state index contributed by atoms with van der Waals surface area (Å²) in [5.74, 6) is 0.493. The first kappa shape index (κ1) is 17.2. The maximum Gasteiger partial charge on any atom is 0.0612 e. The third kappa shape index (κ3) is 2.49. The fraction of sp³-hybridized carbons (Fsp3) is 0.455. The van der Waals surface area contributed by atoms with Crippen molar-refractivity contribution in [3.05, 3.63) is 58.7 Å². The van der Waals surface area contributed by atoms with Crippen LogP contribution in [0.25, 0.3) is 11.1 Å². The van der Waals surface area contributed by atoms with Gasteiger partial charge >= 0.3 is 0 Å². The number of ether oxygens (including phenoxy) is 1. The molecule has 2 aromatic carbocycles. The van der Waals surface area contributed by atoms with Gasteiger partial charge in [0.25, 0.3) is 0 Å². The Hall–Kier alpha value is -1.64. The molecule has 128 valence electrons. The third-order valence-electron chi connectivity index (χ3n) is 5.31. The van der Waals surface area contributed by atoms with Crippen molar-refractivity contribution >= 4 is 0 Å². The van der Waals surface area contributed by atoms with E-state index in [0.717, 1.165) is 13.1 Å². The van der Waals surface area contributed by atoms with E-state index in [0.29, 0.717) is 12.5 Å². The lowest BCUT2D eigenvalue weighted by atomic mass is 9.74. The lowest BCUT2D eigenvalue weighted by molar-refractivity contribution is 0.147. The Bertz CT molecular complexity index is 735. The van der Waals surface area contributed by atoms with Crippen molar-refractivity contribution in [2.24, 2.45) is 0 Å². The second-order valence-corrected chi connectivity index (χ2v) is 7.22. The number of rotatable bonds is 6. The minimum absolute atomic E-state index is 0.109. The van der Waals surface area contributed by atoms with Gasteiger partial charge in [-0.15, -0.1) is 0 Å². The molecule has 1 atom stereocenters. The van der Waals surface area contributed by atoms with E-state index in [9.17, 15) is 0 Å². The van der Waals surface area contributed by atoms with Gasteiger partial charge in [-0.1, -0.05) is 57.2 Å². The highest BCUT2D eigenvalue weighted by molar-refractivity contribution is 5.84. The summed E-state index contributed by atoms with van der Waals surface area (Å²) in [6.07, 6.45) is 0. The molecule has 0 fully saturated rings. The molecule has 0 saturated heterocycles. The summed E-state index contributed by atoms with van der Waals surface area (Å²) in [5.41, 5.74) is 8.36. The summed E-state index contributed by atoms with van der Waals surface area (Å²) >= 11 is 0. The maximum absolute atomic E-state index is 5.79. The van der Waals surface area contributed by atoms with Crippen LogP contribution in [0.15, 0.2) is 36.4 Å². The SMILES string of the molecule is CCNCC1(COC)c2c(C)cccc2-c2cccc(C(C)C)c21. The van der Waals surface area contributed by atoms with Gasteiger partial charge in [-0.2, -0.15) is 0 Å². The van der Waals surface area contributed by atoms with Crippen molar-refractivity contribution in [1.29, 1.82) is 0 Å². The first-order valence-corrected chi connectivity index (χ1v) is 9.00. The summed E-state index contributed by atoms with van der Waals surface area (Å²) in [6.45, 7) is 11.6. The van der Waals surface area contributed by atoms with Gasteiger partial charge in [-0.3, -0.25) is 0 Å². The van der Waals surface area contributed by atoms with Crippen molar-refractivity contribution in [3.63, 3.8) is 0 Å². The summed E-state index contributed by atoms with van der Waals surface area (Å²) in [5, 5.41) is 3.61.